The molecule has 1 aromatic carbocycles. The number of anilines is 1. The first-order valence-corrected chi connectivity index (χ1v) is 7.60. The summed E-state index contributed by atoms with van der Waals surface area (Å²) >= 11 is 11.9. The molecule has 0 aliphatic carbocycles. The highest BCUT2D eigenvalue weighted by atomic mass is 79.9. The molecule has 0 radical (unpaired) electrons. The molecule has 0 bridgehead atoms. The van der Waals surface area contributed by atoms with Crippen LogP contribution < -0.4 is 10.7 Å². The number of hydrazone groups is 1. The molecular weight excluding hydrogens is 404 g/mol. The topological polar surface area (TPSA) is 49.3 Å². The lowest BCUT2D eigenvalue weighted by Crippen LogP contribution is -2.23. The van der Waals surface area contributed by atoms with Crippen LogP contribution in [0.5, 0.6) is 0 Å². The van der Waals surface area contributed by atoms with Gasteiger partial charge in [0.15, 0.2) is 5.11 Å². The Hall–Kier alpha value is -1.31. The third-order valence-corrected chi connectivity index (χ3v) is 3.42. The van der Waals surface area contributed by atoms with Gasteiger partial charge in [-0.25, -0.2) is 0 Å². The SMILES string of the molecule is S=C(N/N=C/c1cc(Br)ccn1)Nc1ccc(Br)cc1. The highest BCUT2D eigenvalue weighted by Crippen LogP contribution is 2.13. The number of halogens is 2. The van der Waals surface area contributed by atoms with E-state index in [1.165, 1.54) is 0 Å². The molecule has 0 atom stereocenters. The lowest BCUT2D eigenvalue weighted by Gasteiger charge is -2.06. The van der Waals surface area contributed by atoms with Gasteiger partial charge in [-0.2, -0.15) is 5.10 Å². The third-order valence-electron chi connectivity index (χ3n) is 2.21. The van der Waals surface area contributed by atoms with Gasteiger partial charge in [-0.05, 0) is 48.6 Å². The second kappa shape index (κ2) is 7.47. The third kappa shape index (κ3) is 4.99. The van der Waals surface area contributed by atoms with Crippen molar-refractivity contribution >= 4 is 61.1 Å². The van der Waals surface area contributed by atoms with Crippen LogP contribution in [0.4, 0.5) is 5.69 Å². The zero-order chi connectivity index (χ0) is 14.4. The van der Waals surface area contributed by atoms with Gasteiger partial charge in [-0.15, -0.1) is 0 Å². The van der Waals surface area contributed by atoms with Crippen molar-refractivity contribution < 1.29 is 0 Å². The van der Waals surface area contributed by atoms with E-state index in [-0.39, 0.29) is 0 Å². The molecule has 2 N–H and O–H groups in total. The fourth-order valence-corrected chi connectivity index (χ4v) is 2.13. The molecule has 4 nitrogen and oxygen atoms in total. The summed E-state index contributed by atoms with van der Waals surface area (Å²) in [6.45, 7) is 0. The van der Waals surface area contributed by atoms with E-state index in [0.29, 0.717) is 5.11 Å². The zero-order valence-electron chi connectivity index (χ0n) is 10.2. The van der Waals surface area contributed by atoms with Crippen LogP contribution in [0.1, 0.15) is 5.69 Å². The maximum absolute atomic E-state index is 5.13. The van der Waals surface area contributed by atoms with Gasteiger partial charge in [0, 0.05) is 20.8 Å². The van der Waals surface area contributed by atoms with Crippen molar-refractivity contribution in [3.05, 3.63) is 57.2 Å². The fraction of sp³-hybridized carbons (Fsp3) is 0. The second-order valence-electron chi connectivity index (χ2n) is 3.73. The average Bonchev–Trinajstić information content (AvgIpc) is 2.41. The molecule has 2 aromatic rings. The number of nitrogens with zero attached hydrogens (tertiary/aromatic N) is 2. The summed E-state index contributed by atoms with van der Waals surface area (Å²) in [7, 11) is 0. The average molecular weight is 414 g/mol. The van der Waals surface area contributed by atoms with Crippen LogP contribution in [0.2, 0.25) is 0 Å². The van der Waals surface area contributed by atoms with Gasteiger partial charge in [0.05, 0.1) is 11.9 Å². The van der Waals surface area contributed by atoms with Crippen LogP contribution in [-0.4, -0.2) is 16.3 Å². The Morgan fingerprint density at radius 3 is 2.60 bits per heavy atom. The van der Waals surface area contributed by atoms with E-state index in [1.807, 2.05) is 36.4 Å². The lowest BCUT2D eigenvalue weighted by atomic mass is 10.3. The van der Waals surface area contributed by atoms with E-state index < -0.39 is 0 Å². The van der Waals surface area contributed by atoms with E-state index in [2.05, 4.69) is 52.7 Å². The second-order valence-corrected chi connectivity index (χ2v) is 5.97. The molecule has 0 saturated heterocycles. The van der Waals surface area contributed by atoms with Gasteiger partial charge in [0.2, 0.25) is 0 Å². The van der Waals surface area contributed by atoms with E-state index >= 15 is 0 Å². The maximum Gasteiger partial charge on any atom is 0.191 e. The summed E-state index contributed by atoms with van der Waals surface area (Å²) in [4.78, 5) is 4.14. The molecule has 7 heteroatoms. The summed E-state index contributed by atoms with van der Waals surface area (Å²) < 4.78 is 1.96. The van der Waals surface area contributed by atoms with Crippen LogP contribution in [0, 0.1) is 0 Å². The van der Waals surface area contributed by atoms with Gasteiger partial charge < -0.3 is 5.32 Å². The van der Waals surface area contributed by atoms with Gasteiger partial charge in [-0.1, -0.05) is 31.9 Å². The number of benzene rings is 1. The van der Waals surface area contributed by atoms with E-state index in [4.69, 9.17) is 12.2 Å². The first-order valence-electron chi connectivity index (χ1n) is 5.61. The number of hydrogen-bond donors (Lipinski definition) is 2. The predicted octanol–water partition coefficient (Wildman–Crippen LogP) is 3.93. The Morgan fingerprint density at radius 2 is 1.90 bits per heavy atom. The van der Waals surface area contributed by atoms with E-state index in [1.54, 1.807) is 12.4 Å². The summed E-state index contributed by atoms with van der Waals surface area (Å²) in [6.07, 6.45) is 3.30. The number of hydrogen-bond acceptors (Lipinski definition) is 3. The highest BCUT2D eigenvalue weighted by molar-refractivity contribution is 9.10. The van der Waals surface area contributed by atoms with E-state index in [9.17, 15) is 0 Å². The quantitative estimate of drug-likeness (QED) is 0.454. The molecule has 0 aliphatic heterocycles. The Balaban J connectivity index is 1.87. The molecule has 20 heavy (non-hydrogen) atoms. The van der Waals surface area contributed by atoms with Gasteiger partial charge in [0.1, 0.15) is 0 Å². The fourth-order valence-electron chi connectivity index (χ4n) is 1.34. The molecule has 2 rings (SSSR count). The smallest absolute Gasteiger partial charge is 0.191 e. The minimum Gasteiger partial charge on any atom is -0.331 e. The van der Waals surface area contributed by atoms with Crippen molar-refractivity contribution in [1.29, 1.82) is 0 Å². The normalized spacial score (nSPS) is 10.5. The van der Waals surface area contributed by atoms with Crippen molar-refractivity contribution in [2.45, 2.75) is 0 Å². The standard InChI is InChI=1S/C13H10Br2N4S/c14-9-1-3-11(4-2-9)18-13(20)19-17-8-12-7-10(15)5-6-16-12/h1-8H,(H2,18,19,20)/b17-8+. The lowest BCUT2D eigenvalue weighted by molar-refractivity contribution is 1.05. The molecule has 0 fully saturated rings. The molecule has 1 heterocycles. The Labute approximate surface area is 138 Å². The molecule has 0 amide bonds. The number of pyridine rings is 1. The number of thiocarbonyl (C=S) groups is 1. The minimum absolute atomic E-state index is 0.415. The van der Waals surface area contributed by atoms with Crippen LogP contribution >= 0.6 is 44.1 Å². The Morgan fingerprint density at radius 1 is 1.15 bits per heavy atom. The van der Waals surface area contributed by atoms with Gasteiger partial charge >= 0.3 is 0 Å². The van der Waals surface area contributed by atoms with E-state index in [0.717, 1.165) is 20.3 Å². The highest BCUT2D eigenvalue weighted by Gasteiger charge is 1.96. The number of aromatic nitrogens is 1. The largest absolute Gasteiger partial charge is 0.331 e. The molecular formula is C13H10Br2N4S. The van der Waals surface area contributed by atoms with Crippen LogP contribution in [0.25, 0.3) is 0 Å². The first-order chi connectivity index (χ1) is 9.63. The Kier molecular flexibility index (Phi) is 5.63. The molecule has 1 aromatic heterocycles. The molecule has 0 spiro atoms. The van der Waals surface area contributed by atoms with Gasteiger partial charge in [0.25, 0.3) is 0 Å². The van der Waals surface area contributed by atoms with Crippen molar-refractivity contribution in [3.8, 4) is 0 Å². The van der Waals surface area contributed by atoms with Crippen molar-refractivity contribution in [2.75, 3.05) is 5.32 Å². The molecule has 0 aliphatic rings. The van der Waals surface area contributed by atoms with Crippen LogP contribution in [0.3, 0.4) is 0 Å². The summed E-state index contributed by atoms with van der Waals surface area (Å²) in [6, 6.07) is 11.4. The molecule has 0 unspecified atom stereocenters. The van der Waals surface area contributed by atoms with Crippen LogP contribution in [0.15, 0.2) is 56.6 Å². The van der Waals surface area contributed by atoms with Crippen molar-refractivity contribution in [3.63, 3.8) is 0 Å². The van der Waals surface area contributed by atoms with Crippen molar-refractivity contribution in [1.82, 2.24) is 10.4 Å². The minimum atomic E-state index is 0.415. The first kappa shape index (κ1) is 15.1. The summed E-state index contributed by atoms with van der Waals surface area (Å²) in [5.41, 5.74) is 4.36. The predicted molar refractivity (Wildman–Crippen MR) is 93.0 cm³/mol. The monoisotopic (exact) mass is 412 g/mol. The van der Waals surface area contributed by atoms with Crippen molar-refractivity contribution in [2.24, 2.45) is 5.10 Å². The molecule has 102 valence electrons. The van der Waals surface area contributed by atoms with Crippen LogP contribution in [-0.2, 0) is 0 Å². The zero-order valence-corrected chi connectivity index (χ0v) is 14.2. The maximum atomic E-state index is 5.13. The van der Waals surface area contributed by atoms with Gasteiger partial charge in [-0.3, -0.25) is 10.4 Å². The summed E-state index contributed by atoms with van der Waals surface area (Å²) in [5, 5.41) is 7.46. The number of rotatable bonds is 3. The molecule has 0 saturated carbocycles. The number of nitrogens with one attached hydrogen (secondary N) is 2. The Bertz CT molecular complexity index is 629. The summed E-state index contributed by atoms with van der Waals surface area (Å²) in [5.74, 6) is 0.